The Bertz CT molecular complexity index is 950. The average Bonchev–Trinajstić information content (AvgIpc) is 3.11. The minimum absolute atomic E-state index is 0.111. The third-order valence-electron chi connectivity index (χ3n) is 4.85. The summed E-state index contributed by atoms with van der Waals surface area (Å²) in [7, 11) is 0. The Morgan fingerprint density at radius 2 is 2.00 bits per heavy atom. The Balaban J connectivity index is 1.82. The van der Waals surface area contributed by atoms with Crippen LogP contribution in [0.15, 0.2) is 18.2 Å². The summed E-state index contributed by atoms with van der Waals surface area (Å²) in [4.78, 5) is 7.10. The first-order valence-corrected chi connectivity index (χ1v) is 10.0. The van der Waals surface area contributed by atoms with Crippen LogP contribution in [0.2, 0.25) is 10.0 Å². The lowest BCUT2D eigenvalue weighted by Gasteiger charge is -2.33. The van der Waals surface area contributed by atoms with Crippen LogP contribution in [0.1, 0.15) is 35.1 Å². The van der Waals surface area contributed by atoms with E-state index in [4.69, 9.17) is 23.2 Å². The van der Waals surface area contributed by atoms with Gasteiger partial charge in [-0.1, -0.05) is 40.6 Å². The van der Waals surface area contributed by atoms with Gasteiger partial charge in [-0.3, -0.25) is 0 Å². The lowest BCUT2D eigenvalue weighted by atomic mass is 9.99. The molecule has 0 spiro atoms. The minimum Gasteiger partial charge on any atom is -0.492 e. The number of aromatic hydroxyl groups is 1. The molecule has 0 bridgehead atoms. The van der Waals surface area contributed by atoms with Crippen LogP contribution in [-0.4, -0.2) is 44.0 Å². The predicted octanol–water partition coefficient (Wildman–Crippen LogP) is 2.24. The van der Waals surface area contributed by atoms with Crippen LogP contribution < -0.4 is 4.90 Å². The maximum absolute atomic E-state index is 10.8. The molecule has 0 amide bonds. The number of aliphatic hydroxyl groups is 1. The zero-order valence-corrected chi connectivity index (χ0v) is 16.4. The second kappa shape index (κ2) is 6.98. The molecule has 138 valence electrons. The number of benzene rings is 1. The number of quaternary nitrogens is 1. The Hall–Kier alpha value is -1.38. The first-order chi connectivity index (χ1) is 12.4. The van der Waals surface area contributed by atoms with E-state index >= 15 is 0 Å². The topological polar surface area (TPSA) is 75.1 Å². The molecule has 0 aliphatic carbocycles. The standard InChI is InChI=1S/C17H18Cl2N4O2S/c1-9-20-17-23(21-9)16(25)15(26-17)14(22-6-4-11(24)5-7-22)10-2-3-12(18)13(19)8-10/h2-3,8,11,14,24-25H,4-7H2,1H3/p+1/t14-/m0/s1. The van der Waals surface area contributed by atoms with Gasteiger partial charge >= 0.3 is 0 Å². The molecule has 26 heavy (non-hydrogen) atoms. The van der Waals surface area contributed by atoms with Crippen molar-refractivity contribution in [2.24, 2.45) is 0 Å². The van der Waals surface area contributed by atoms with Gasteiger partial charge in [0.15, 0.2) is 6.04 Å². The molecule has 4 rings (SSSR count). The lowest BCUT2D eigenvalue weighted by molar-refractivity contribution is -0.931. The third-order valence-corrected chi connectivity index (χ3v) is 6.67. The molecule has 3 N–H and O–H groups in total. The van der Waals surface area contributed by atoms with Gasteiger partial charge in [-0.25, -0.2) is 4.98 Å². The lowest BCUT2D eigenvalue weighted by Crippen LogP contribution is -3.13. The largest absolute Gasteiger partial charge is 0.492 e. The molecule has 1 aromatic carbocycles. The summed E-state index contributed by atoms with van der Waals surface area (Å²) in [5, 5.41) is 25.9. The maximum Gasteiger partial charge on any atom is 0.235 e. The van der Waals surface area contributed by atoms with E-state index in [2.05, 4.69) is 10.1 Å². The van der Waals surface area contributed by atoms with E-state index < -0.39 is 0 Å². The van der Waals surface area contributed by atoms with Crippen molar-refractivity contribution in [3.05, 3.63) is 44.5 Å². The quantitative estimate of drug-likeness (QED) is 0.615. The van der Waals surface area contributed by atoms with Crippen molar-refractivity contribution in [3.8, 4) is 5.88 Å². The number of piperidine rings is 1. The molecular weight excluding hydrogens is 395 g/mol. The highest BCUT2D eigenvalue weighted by Gasteiger charge is 2.35. The van der Waals surface area contributed by atoms with E-state index in [0.29, 0.717) is 20.8 Å². The number of thiazole rings is 1. The van der Waals surface area contributed by atoms with Crippen LogP contribution in [0.4, 0.5) is 0 Å². The predicted molar refractivity (Wildman–Crippen MR) is 102 cm³/mol. The van der Waals surface area contributed by atoms with Crippen LogP contribution in [-0.2, 0) is 0 Å². The molecule has 6 nitrogen and oxygen atoms in total. The van der Waals surface area contributed by atoms with Crippen LogP contribution >= 0.6 is 34.5 Å². The number of aromatic nitrogens is 3. The van der Waals surface area contributed by atoms with E-state index in [0.717, 1.165) is 36.4 Å². The number of nitrogens with one attached hydrogen (secondary N) is 1. The van der Waals surface area contributed by atoms with Crippen molar-refractivity contribution < 1.29 is 15.1 Å². The number of hydrogen-bond donors (Lipinski definition) is 3. The molecule has 1 fully saturated rings. The molecule has 1 atom stereocenters. The highest BCUT2D eigenvalue weighted by Crippen LogP contribution is 2.36. The molecule has 1 aliphatic heterocycles. The van der Waals surface area contributed by atoms with E-state index in [-0.39, 0.29) is 18.0 Å². The monoisotopic (exact) mass is 413 g/mol. The molecule has 0 radical (unpaired) electrons. The smallest absolute Gasteiger partial charge is 0.235 e. The first-order valence-electron chi connectivity index (χ1n) is 8.46. The average molecular weight is 414 g/mol. The van der Waals surface area contributed by atoms with Gasteiger partial charge < -0.3 is 15.1 Å². The van der Waals surface area contributed by atoms with E-state index in [1.54, 1.807) is 13.0 Å². The van der Waals surface area contributed by atoms with E-state index in [9.17, 15) is 10.2 Å². The fourth-order valence-corrected chi connectivity index (χ4v) is 5.06. The van der Waals surface area contributed by atoms with Gasteiger partial charge in [-0.15, -0.1) is 5.10 Å². The SMILES string of the molecule is Cc1nc2sc([C@H](c3ccc(Cl)c(Cl)c3)[NH+]3CCC(O)CC3)c(O)n2n1. The normalized spacial score (nSPS) is 22.0. The number of aliphatic hydroxyl groups excluding tert-OH is 1. The fraction of sp³-hybridized carbons (Fsp3) is 0.412. The summed E-state index contributed by atoms with van der Waals surface area (Å²) in [6.07, 6.45) is 1.20. The highest BCUT2D eigenvalue weighted by molar-refractivity contribution is 7.17. The van der Waals surface area contributed by atoms with Crippen molar-refractivity contribution in [1.82, 2.24) is 14.6 Å². The highest BCUT2D eigenvalue weighted by atomic mass is 35.5. The zero-order valence-electron chi connectivity index (χ0n) is 14.1. The molecule has 2 aromatic heterocycles. The number of fused-ring (bicyclic) bond motifs is 1. The summed E-state index contributed by atoms with van der Waals surface area (Å²) in [5.74, 6) is 0.734. The number of hydrogen-bond acceptors (Lipinski definition) is 5. The van der Waals surface area contributed by atoms with Crippen molar-refractivity contribution in [3.63, 3.8) is 0 Å². The van der Waals surface area contributed by atoms with Gasteiger partial charge in [-0.05, 0) is 19.1 Å². The summed E-state index contributed by atoms with van der Waals surface area (Å²) < 4.78 is 1.48. The van der Waals surface area contributed by atoms with Gasteiger partial charge in [-0.2, -0.15) is 4.52 Å². The molecule has 3 heterocycles. The first kappa shape index (κ1) is 18.0. The second-order valence-corrected chi connectivity index (χ2v) is 8.46. The second-order valence-electron chi connectivity index (χ2n) is 6.64. The van der Waals surface area contributed by atoms with Gasteiger partial charge in [0, 0.05) is 18.4 Å². The van der Waals surface area contributed by atoms with Crippen molar-refractivity contribution in [2.75, 3.05) is 13.1 Å². The Morgan fingerprint density at radius 1 is 1.27 bits per heavy atom. The number of rotatable bonds is 3. The zero-order chi connectivity index (χ0) is 18.4. The summed E-state index contributed by atoms with van der Waals surface area (Å²) in [6.45, 7) is 3.41. The number of nitrogens with zero attached hydrogens (tertiary/aromatic N) is 3. The van der Waals surface area contributed by atoms with Gasteiger partial charge in [0.2, 0.25) is 10.8 Å². The Labute approximate surface area is 164 Å². The van der Waals surface area contributed by atoms with Crippen molar-refractivity contribution in [2.45, 2.75) is 31.9 Å². The molecule has 0 unspecified atom stereocenters. The molecular formula is C17H19Cl2N4O2S+. The Kier molecular flexibility index (Phi) is 4.83. The van der Waals surface area contributed by atoms with E-state index in [1.165, 1.54) is 20.8 Å². The van der Waals surface area contributed by atoms with Gasteiger partial charge in [0.25, 0.3) is 0 Å². The minimum atomic E-state index is -0.258. The number of likely N-dealkylation sites (tertiary alicyclic amines) is 1. The van der Waals surface area contributed by atoms with Crippen molar-refractivity contribution in [1.29, 1.82) is 0 Å². The maximum atomic E-state index is 10.8. The Morgan fingerprint density at radius 3 is 2.65 bits per heavy atom. The molecule has 1 aliphatic rings. The van der Waals surface area contributed by atoms with Crippen molar-refractivity contribution >= 4 is 39.5 Å². The van der Waals surface area contributed by atoms with Gasteiger partial charge in [0.1, 0.15) is 10.7 Å². The summed E-state index contributed by atoms with van der Waals surface area (Å²) in [6, 6.07) is 5.46. The third kappa shape index (κ3) is 3.18. The number of halogens is 2. The fourth-order valence-electron chi connectivity index (χ4n) is 3.56. The summed E-state index contributed by atoms with van der Waals surface area (Å²) in [5.41, 5.74) is 0.974. The van der Waals surface area contributed by atoms with Crippen LogP contribution in [0.5, 0.6) is 5.88 Å². The summed E-state index contributed by atoms with van der Waals surface area (Å²) >= 11 is 13.8. The molecule has 0 saturated carbocycles. The van der Waals surface area contributed by atoms with Crippen LogP contribution in [0.3, 0.4) is 0 Å². The van der Waals surface area contributed by atoms with E-state index in [1.807, 2.05) is 12.1 Å². The van der Waals surface area contributed by atoms with Crippen LogP contribution in [0, 0.1) is 6.92 Å². The van der Waals surface area contributed by atoms with Gasteiger partial charge in [0.05, 0.1) is 29.2 Å². The molecule has 3 aromatic rings. The molecule has 1 saturated heterocycles. The molecule has 9 heteroatoms. The van der Waals surface area contributed by atoms with Crippen LogP contribution in [0.25, 0.3) is 4.96 Å². The number of aryl methyl sites for hydroxylation is 1.